The molecule has 0 spiro atoms. The van der Waals surface area contributed by atoms with Crippen molar-refractivity contribution < 1.29 is 38.1 Å². The molecule has 0 saturated carbocycles. The number of esters is 3. The zero-order valence-corrected chi connectivity index (χ0v) is 18.3. The lowest BCUT2D eigenvalue weighted by Gasteiger charge is -2.32. The largest absolute Gasteiger partial charge is 0.452 e. The Bertz CT molecular complexity index is 1130. The lowest BCUT2D eigenvalue weighted by atomic mass is 10.1. The van der Waals surface area contributed by atoms with Gasteiger partial charge in [0.25, 0.3) is 0 Å². The van der Waals surface area contributed by atoms with Gasteiger partial charge in [-0.15, -0.1) is 0 Å². The van der Waals surface area contributed by atoms with E-state index in [0.29, 0.717) is 5.56 Å². The molecular weight excluding hydrogens is 440 g/mol. The molecule has 1 aliphatic rings. The van der Waals surface area contributed by atoms with Crippen LogP contribution in [-0.2, 0) is 23.7 Å². The van der Waals surface area contributed by atoms with Crippen molar-refractivity contribution >= 4 is 17.9 Å². The standard InChI is InChI=1S/C26H22O8/c1-30-26(34-25(29)20-15-9-4-10-16-20)22(33-24(28)19-13-7-3-8-14-19)21(17-31-26)32-23(27)18-11-5-2-6-12-18/h2-16,21-22H,17H2,1H3/t21-,22-,26-/m0/s1. The Morgan fingerprint density at radius 2 is 1.15 bits per heavy atom. The zero-order valence-electron chi connectivity index (χ0n) is 18.3. The maximum absolute atomic E-state index is 12.8. The van der Waals surface area contributed by atoms with Gasteiger partial charge in [-0.1, -0.05) is 54.6 Å². The van der Waals surface area contributed by atoms with Crippen LogP contribution in [0.1, 0.15) is 31.1 Å². The Morgan fingerprint density at radius 3 is 1.62 bits per heavy atom. The van der Waals surface area contributed by atoms with Gasteiger partial charge in [0.05, 0.1) is 23.3 Å². The average molecular weight is 462 g/mol. The summed E-state index contributed by atoms with van der Waals surface area (Å²) in [7, 11) is 1.24. The van der Waals surface area contributed by atoms with Gasteiger partial charge in [0.15, 0.2) is 6.10 Å². The van der Waals surface area contributed by atoms with Crippen LogP contribution in [0.2, 0.25) is 0 Å². The molecular formula is C26H22O8. The highest BCUT2D eigenvalue weighted by molar-refractivity contribution is 5.91. The summed E-state index contributed by atoms with van der Waals surface area (Å²) in [5.74, 6) is -4.28. The molecule has 0 N–H and O–H groups in total. The van der Waals surface area contributed by atoms with Crippen molar-refractivity contribution in [2.45, 2.75) is 18.2 Å². The Kier molecular flexibility index (Phi) is 7.01. The van der Waals surface area contributed by atoms with Crippen LogP contribution in [-0.4, -0.2) is 49.8 Å². The fourth-order valence-corrected chi connectivity index (χ4v) is 3.44. The lowest BCUT2D eigenvalue weighted by Crippen LogP contribution is -2.51. The molecule has 3 aromatic carbocycles. The molecule has 8 heteroatoms. The average Bonchev–Trinajstić information content (AvgIpc) is 3.22. The summed E-state index contributed by atoms with van der Waals surface area (Å²) in [6.45, 7) is -0.235. The normalized spacial score (nSPS) is 21.4. The van der Waals surface area contributed by atoms with Crippen molar-refractivity contribution in [3.05, 3.63) is 108 Å². The van der Waals surface area contributed by atoms with Crippen LogP contribution in [0.15, 0.2) is 91.0 Å². The van der Waals surface area contributed by atoms with Gasteiger partial charge in [0.2, 0.25) is 6.10 Å². The van der Waals surface area contributed by atoms with E-state index in [1.807, 2.05) is 0 Å². The quantitative estimate of drug-likeness (QED) is 0.298. The minimum absolute atomic E-state index is 0.235. The molecule has 0 unspecified atom stereocenters. The minimum Gasteiger partial charge on any atom is -0.452 e. The molecule has 3 atom stereocenters. The Balaban J connectivity index is 1.61. The summed E-state index contributed by atoms with van der Waals surface area (Å²) >= 11 is 0. The van der Waals surface area contributed by atoms with Gasteiger partial charge in [-0.3, -0.25) is 0 Å². The highest BCUT2D eigenvalue weighted by Gasteiger charge is 2.59. The fourth-order valence-electron chi connectivity index (χ4n) is 3.44. The predicted molar refractivity (Wildman–Crippen MR) is 119 cm³/mol. The van der Waals surface area contributed by atoms with Gasteiger partial charge in [-0.2, -0.15) is 0 Å². The summed E-state index contributed by atoms with van der Waals surface area (Å²) in [6, 6.07) is 24.7. The third-order valence-corrected chi connectivity index (χ3v) is 5.18. The number of methoxy groups -OCH3 is 1. The highest BCUT2D eigenvalue weighted by Crippen LogP contribution is 2.35. The van der Waals surface area contributed by atoms with Crippen LogP contribution in [0.3, 0.4) is 0 Å². The molecule has 1 fully saturated rings. The molecule has 4 rings (SSSR count). The van der Waals surface area contributed by atoms with Crippen LogP contribution < -0.4 is 0 Å². The first kappa shape index (κ1) is 23.2. The molecule has 34 heavy (non-hydrogen) atoms. The molecule has 0 aliphatic carbocycles. The van der Waals surface area contributed by atoms with Crippen molar-refractivity contribution in [2.75, 3.05) is 13.7 Å². The van der Waals surface area contributed by atoms with Crippen molar-refractivity contribution in [1.29, 1.82) is 0 Å². The second-order valence-electron chi connectivity index (χ2n) is 7.38. The van der Waals surface area contributed by atoms with Crippen LogP contribution in [0.25, 0.3) is 0 Å². The molecule has 0 radical (unpaired) electrons. The maximum atomic E-state index is 12.8. The van der Waals surface area contributed by atoms with E-state index >= 15 is 0 Å². The van der Waals surface area contributed by atoms with Gasteiger partial charge in [-0.25, -0.2) is 14.4 Å². The number of hydrogen-bond donors (Lipinski definition) is 0. The molecule has 0 aromatic heterocycles. The van der Waals surface area contributed by atoms with Gasteiger partial charge in [0.1, 0.15) is 0 Å². The Morgan fingerprint density at radius 1 is 0.706 bits per heavy atom. The lowest BCUT2D eigenvalue weighted by molar-refractivity contribution is -0.352. The molecule has 0 bridgehead atoms. The zero-order chi connectivity index (χ0) is 24.0. The van der Waals surface area contributed by atoms with E-state index in [1.54, 1.807) is 91.0 Å². The van der Waals surface area contributed by atoms with E-state index in [-0.39, 0.29) is 17.7 Å². The summed E-state index contributed by atoms with van der Waals surface area (Å²) in [5, 5.41) is 0. The van der Waals surface area contributed by atoms with Crippen LogP contribution in [0.4, 0.5) is 0 Å². The molecule has 0 amide bonds. The Labute approximate surface area is 196 Å². The van der Waals surface area contributed by atoms with E-state index in [0.717, 1.165) is 0 Å². The second-order valence-corrected chi connectivity index (χ2v) is 7.38. The number of carbonyl (C=O) groups excluding carboxylic acids is 3. The summed E-state index contributed by atoms with van der Waals surface area (Å²) in [6.07, 6.45) is -2.51. The predicted octanol–water partition coefficient (Wildman–Crippen LogP) is 3.63. The number of hydrogen-bond acceptors (Lipinski definition) is 8. The molecule has 1 saturated heterocycles. The van der Waals surface area contributed by atoms with Gasteiger partial charge < -0.3 is 23.7 Å². The van der Waals surface area contributed by atoms with Crippen LogP contribution in [0.5, 0.6) is 0 Å². The second kappa shape index (κ2) is 10.3. The first-order valence-electron chi connectivity index (χ1n) is 10.5. The van der Waals surface area contributed by atoms with Crippen LogP contribution in [0, 0.1) is 0 Å². The maximum Gasteiger partial charge on any atom is 0.372 e. The number of rotatable bonds is 7. The highest BCUT2D eigenvalue weighted by atomic mass is 16.9. The SMILES string of the molecule is CO[C@]1(OC(=O)c2ccccc2)OC[C@H](OC(=O)c2ccccc2)[C@@H]1OC(=O)c1ccccc1. The first-order valence-corrected chi connectivity index (χ1v) is 10.5. The molecule has 3 aromatic rings. The number of benzene rings is 3. The summed E-state index contributed by atoms with van der Waals surface area (Å²) in [5.41, 5.74) is 0.786. The molecule has 1 heterocycles. The first-order chi connectivity index (χ1) is 16.5. The topological polar surface area (TPSA) is 97.4 Å². The molecule has 1 aliphatic heterocycles. The summed E-state index contributed by atoms with van der Waals surface area (Å²) in [4.78, 5) is 38.3. The van der Waals surface area contributed by atoms with Crippen LogP contribution >= 0.6 is 0 Å². The van der Waals surface area contributed by atoms with Gasteiger partial charge in [-0.05, 0) is 36.4 Å². The van der Waals surface area contributed by atoms with Crippen molar-refractivity contribution in [1.82, 2.24) is 0 Å². The molecule has 174 valence electrons. The fraction of sp³-hybridized carbons (Fsp3) is 0.192. The van der Waals surface area contributed by atoms with Gasteiger partial charge >= 0.3 is 23.9 Å². The van der Waals surface area contributed by atoms with E-state index in [2.05, 4.69) is 0 Å². The minimum atomic E-state index is -2.13. The van der Waals surface area contributed by atoms with E-state index in [4.69, 9.17) is 23.7 Å². The number of ether oxygens (including phenoxy) is 5. The number of carbonyl (C=O) groups is 3. The smallest absolute Gasteiger partial charge is 0.372 e. The third-order valence-electron chi connectivity index (χ3n) is 5.18. The summed E-state index contributed by atoms with van der Waals surface area (Å²) < 4.78 is 27.9. The van der Waals surface area contributed by atoms with Crippen molar-refractivity contribution in [3.8, 4) is 0 Å². The van der Waals surface area contributed by atoms with E-state index < -0.39 is 36.1 Å². The van der Waals surface area contributed by atoms with Gasteiger partial charge in [0, 0.05) is 7.11 Å². The van der Waals surface area contributed by atoms with Crippen molar-refractivity contribution in [3.63, 3.8) is 0 Å². The van der Waals surface area contributed by atoms with Crippen molar-refractivity contribution in [2.24, 2.45) is 0 Å². The third kappa shape index (κ3) is 4.98. The Hall–Kier alpha value is -4.01. The van der Waals surface area contributed by atoms with E-state index in [9.17, 15) is 14.4 Å². The monoisotopic (exact) mass is 462 g/mol. The molecule has 8 nitrogen and oxygen atoms in total. The van der Waals surface area contributed by atoms with E-state index in [1.165, 1.54) is 7.11 Å².